The van der Waals surface area contributed by atoms with E-state index in [9.17, 15) is 18.7 Å². The first-order valence-corrected chi connectivity index (χ1v) is 6.19. The van der Waals surface area contributed by atoms with Crippen LogP contribution in [0.25, 0.3) is 0 Å². The maximum atomic E-state index is 13.0. The van der Waals surface area contributed by atoms with Crippen molar-refractivity contribution >= 4 is 11.7 Å². The molecule has 0 bridgehead atoms. The van der Waals surface area contributed by atoms with E-state index in [-0.39, 0.29) is 12.3 Å². The summed E-state index contributed by atoms with van der Waals surface area (Å²) in [5.74, 6) is -1.51. The predicted octanol–water partition coefficient (Wildman–Crippen LogP) is 2.39. The van der Waals surface area contributed by atoms with Gasteiger partial charge >= 0.3 is 6.03 Å². The number of benzene rings is 1. The molecule has 0 aliphatic heterocycles. The molecule has 1 saturated carbocycles. The van der Waals surface area contributed by atoms with Gasteiger partial charge in [-0.1, -0.05) is 12.8 Å². The summed E-state index contributed by atoms with van der Waals surface area (Å²) < 4.78 is 25.9. The Balaban J connectivity index is 2.00. The van der Waals surface area contributed by atoms with Gasteiger partial charge in [-0.05, 0) is 25.0 Å². The molecule has 2 amide bonds. The second kappa shape index (κ2) is 5.52. The van der Waals surface area contributed by atoms with Crippen molar-refractivity contribution in [2.75, 3.05) is 11.9 Å². The molecule has 3 N–H and O–H groups in total. The van der Waals surface area contributed by atoms with Crippen LogP contribution in [0.5, 0.6) is 0 Å². The number of hydrogen-bond donors (Lipinski definition) is 3. The Morgan fingerprint density at radius 1 is 1.21 bits per heavy atom. The minimum atomic E-state index is -0.756. The first kappa shape index (κ1) is 13.7. The lowest BCUT2D eigenvalue weighted by Gasteiger charge is -2.27. The molecule has 0 atom stereocenters. The molecule has 1 aromatic carbocycles. The van der Waals surface area contributed by atoms with Gasteiger partial charge in [-0.25, -0.2) is 13.6 Å². The molecule has 0 spiro atoms. The average molecular weight is 270 g/mol. The highest BCUT2D eigenvalue weighted by atomic mass is 19.1. The summed E-state index contributed by atoms with van der Waals surface area (Å²) in [6.45, 7) is -0.141. The second-order valence-electron chi connectivity index (χ2n) is 4.88. The normalized spacial score (nSPS) is 17.2. The van der Waals surface area contributed by atoms with Gasteiger partial charge in [0.25, 0.3) is 0 Å². The van der Waals surface area contributed by atoms with E-state index >= 15 is 0 Å². The fraction of sp³-hybridized carbons (Fsp3) is 0.462. The summed E-state index contributed by atoms with van der Waals surface area (Å²) in [4.78, 5) is 11.8. The van der Waals surface area contributed by atoms with Crippen LogP contribution in [0.1, 0.15) is 25.7 Å². The van der Waals surface area contributed by atoms with Gasteiger partial charge in [0.05, 0.1) is 12.1 Å². The van der Waals surface area contributed by atoms with Crippen molar-refractivity contribution in [3.05, 3.63) is 29.8 Å². The summed E-state index contributed by atoms with van der Waals surface area (Å²) >= 11 is 0. The molecule has 0 heterocycles. The smallest absolute Gasteiger partial charge is 0.319 e. The molecule has 0 radical (unpaired) electrons. The number of rotatable bonds is 3. The summed E-state index contributed by atoms with van der Waals surface area (Å²) in [5.41, 5.74) is -0.572. The Morgan fingerprint density at radius 2 is 1.79 bits per heavy atom. The van der Waals surface area contributed by atoms with Crippen LogP contribution in [0.4, 0.5) is 19.3 Å². The quantitative estimate of drug-likeness (QED) is 0.789. The van der Waals surface area contributed by atoms with Crippen molar-refractivity contribution in [3.8, 4) is 0 Å². The van der Waals surface area contributed by atoms with Crippen molar-refractivity contribution in [3.63, 3.8) is 0 Å². The molecule has 4 nitrogen and oxygen atoms in total. The molecule has 2 rings (SSSR count). The molecule has 0 aromatic heterocycles. The number of amides is 2. The predicted molar refractivity (Wildman–Crippen MR) is 66.8 cm³/mol. The monoisotopic (exact) mass is 270 g/mol. The number of anilines is 1. The van der Waals surface area contributed by atoms with Crippen molar-refractivity contribution < 1.29 is 18.7 Å². The Bertz CT molecular complexity index is 453. The van der Waals surface area contributed by atoms with Gasteiger partial charge in [0.1, 0.15) is 11.6 Å². The van der Waals surface area contributed by atoms with Gasteiger partial charge in [0, 0.05) is 11.8 Å². The van der Waals surface area contributed by atoms with Crippen LogP contribution in [0.3, 0.4) is 0 Å². The van der Waals surface area contributed by atoms with Gasteiger partial charge < -0.3 is 15.7 Å². The zero-order valence-electron chi connectivity index (χ0n) is 10.4. The van der Waals surface area contributed by atoms with E-state index in [4.69, 9.17) is 0 Å². The highest BCUT2D eigenvalue weighted by Crippen LogP contribution is 2.29. The molecule has 1 aromatic rings. The number of hydrogen-bond acceptors (Lipinski definition) is 2. The van der Waals surface area contributed by atoms with Crippen molar-refractivity contribution in [2.45, 2.75) is 31.2 Å². The minimum absolute atomic E-state index is 0.0427. The number of carbonyl (C=O) groups excluding carboxylic acids is 1. The van der Waals surface area contributed by atoms with Gasteiger partial charge in [-0.2, -0.15) is 0 Å². The van der Waals surface area contributed by atoms with E-state index in [2.05, 4.69) is 10.6 Å². The van der Waals surface area contributed by atoms with Crippen LogP contribution in [0.2, 0.25) is 0 Å². The highest BCUT2D eigenvalue weighted by molar-refractivity contribution is 5.89. The van der Waals surface area contributed by atoms with E-state index in [1.54, 1.807) is 0 Å². The summed E-state index contributed by atoms with van der Waals surface area (Å²) in [6, 6.07) is 2.22. The van der Waals surface area contributed by atoms with E-state index in [0.717, 1.165) is 31.0 Å². The van der Waals surface area contributed by atoms with Gasteiger partial charge in [0.15, 0.2) is 0 Å². The number of aliphatic hydroxyl groups excluding tert-OH is 1. The summed E-state index contributed by atoms with van der Waals surface area (Å²) in [7, 11) is 0. The van der Waals surface area contributed by atoms with Crippen molar-refractivity contribution in [1.29, 1.82) is 0 Å². The average Bonchev–Trinajstić information content (AvgIpc) is 2.76. The Labute approximate surface area is 109 Å². The molecule has 0 unspecified atom stereocenters. The Kier molecular flexibility index (Phi) is 3.99. The number of urea groups is 1. The lowest BCUT2D eigenvalue weighted by Crippen LogP contribution is -2.50. The molecular formula is C13H16F2N2O2. The third-order valence-corrected chi connectivity index (χ3v) is 3.36. The van der Waals surface area contributed by atoms with E-state index in [1.807, 2.05) is 0 Å². The lowest BCUT2D eigenvalue weighted by molar-refractivity contribution is 0.167. The first-order valence-electron chi connectivity index (χ1n) is 6.19. The largest absolute Gasteiger partial charge is 0.394 e. The van der Waals surface area contributed by atoms with E-state index in [1.165, 1.54) is 0 Å². The Morgan fingerprint density at radius 3 is 2.32 bits per heavy atom. The molecule has 19 heavy (non-hydrogen) atoms. The van der Waals surface area contributed by atoms with Crippen LogP contribution >= 0.6 is 0 Å². The zero-order chi connectivity index (χ0) is 13.9. The van der Waals surface area contributed by atoms with Crippen LogP contribution in [-0.4, -0.2) is 23.3 Å². The third kappa shape index (κ3) is 3.41. The maximum Gasteiger partial charge on any atom is 0.319 e. The van der Waals surface area contributed by atoms with Crippen LogP contribution in [0.15, 0.2) is 18.2 Å². The zero-order valence-corrected chi connectivity index (χ0v) is 10.4. The molecule has 1 aliphatic rings. The molecule has 1 aliphatic carbocycles. The molecular weight excluding hydrogens is 254 g/mol. The Hall–Kier alpha value is -1.69. The highest BCUT2D eigenvalue weighted by Gasteiger charge is 2.34. The van der Waals surface area contributed by atoms with Crippen LogP contribution in [-0.2, 0) is 0 Å². The third-order valence-electron chi connectivity index (χ3n) is 3.36. The van der Waals surface area contributed by atoms with Crippen molar-refractivity contribution in [1.82, 2.24) is 5.32 Å². The van der Waals surface area contributed by atoms with Gasteiger partial charge in [-0.15, -0.1) is 0 Å². The first-order chi connectivity index (χ1) is 9.03. The standard InChI is InChI=1S/C13H16F2N2O2/c14-9-5-10(15)7-11(6-9)16-12(19)17-13(8-18)3-1-2-4-13/h5-7,18H,1-4,8H2,(H2,16,17,19). The topological polar surface area (TPSA) is 61.4 Å². The second-order valence-corrected chi connectivity index (χ2v) is 4.88. The number of carbonyl (C=O) groups is 1. The van der Waals surface area contributed by atoms with Crippen molar-refractivity contribution in [2.24, 2.45) is 0 Å². The van der Waals surface area contributed by atoms with E-state index < -0.39 is 23.2 Å². The van der Waals surface area contributed by atoms with E-state index in [0.29, 0.717) is 12.8 Å². The molecule has 0 saturated heterocycles. The molecule has 104 valence electrons. The molecule has 1 fully saturated rings. The number of aliphatic hydroxyl groups is 1. The SMILES string of the molecule is O=C(Nc1cc(F)cc(F)c1)NC1(CO)CCCC1. The molecule has 6 heteroatoms. The maximum absolute atomic E-state index is 13.0. The van der Waals surface area contributed by atoms with Crippen LogP contribution in [0, 0.1) is 11.6 Å². The number of halogens is 2. The lowest BCUT2D eigenvalue weighted by atomic mass is 9.99. The van der Waals surface area contributed by atoms with Gasteiger partial charge in [-0.3, -0.25) is 0 Å². The summed E-state index contributed by atoms with van der Waals surface area (Å²) in [5, 5.41) is 14.4. The fourth-order valence-corrected chi connectivity index (χ4v) is 2.40. The minimum Gasteiger partial charge on any atom is -0.394 e. The van der Waals surface area contributed by atoms with Gasteiger partial charge in [0.2, 0.25) is 0 Å². The number of nitrogens with one attached hydrogen (secondary N) is 2. The summed E-state index contributed by atoms with van der Waals surface area (Å²) in [6.07, 6.45) is 3.29. The van der Waals surface area contributed by atoms with Crippen LogP contribution < -0.4 is 10.6 Å². The fourth-order valence-electron chi connectivity index (χ4n) is 2.40.